The van der Waals surface area contributed by atoms with Crippen molar-refractivity contribution in [2.75, 3.05) is 13.1 Å². The van der Waals surface area contributed by atoms with Crippen molar-refractivity contribution in [3.8, 4) is 11.3 Å². The number of carbonyl (C=O) groups is 2. The molecule has 0 radical (unpaired) electrons. The molecule has 2 atom stereocenters. The van der Waals surface area contributed by atoms with Crippen LogP contribution in [0.15, 0.2) is 76.5 Å². The van der Waals surface area contributed by atoms with E-state index in [-0.39, 0.29) is 18.0 Å². The average Bonchev–Trinajstić information content (AvgIpc) is 3.30. The number of pyridine rings is 1. The monoisotopic (exact) mass is 566 g/mol. The summed E-state index contributed by atoms with van der Waals surface area (Å²) >= 11 is 0. The Labute approximate surface area is 247 Å². The number of ether oxygens (including phenoxy) is 1. The molecular formula is C33H38N6O3+2. The van der Waals surface area contributed by atoms with Gasteiger partial charge in [-0.2, -0.15) is 10.1 Å². The molecule has 1 saturated heterocycles. The topological polar surface area (TPSA) is 99.0 Å². The van der Waals surface area contributed by atoms with Gasteiger partial charge in [0.15, 0.2) is 5.84 Å². The number of hydrogen-bond donors (Lipinski definition) is 1. The fourth-order valence-corrected chi connectivity index (χ4v) is 4.79. The largest absolute Gasteiger partial charge is 0.496 e. The van der Waals surface area contributed by atoms with Gasteiger partial charge in [0.1, 0.15) is 19.4 Å². The smallest absolute Gasteiger partial charge is 0.451 e. The van der Waals surface area contributed by atoms with Crippen molar-refractivity contribution in [2.24, 2.45) is 9.98 Å². The molecule has 0 saturated carbocycles. The Hall–Kier alpha value is -4.79. The van der Waals surface area contributed by atoms with Crippen LogP contribution in [0.2, 0.25) is 0 Å². The molecule has 42 heavy (non-hydrogen) atoms. The Morgan fingerprint density at radius 3 is 2.74 bits per heavy atom. The number of aromatic nitrogens is 1. The molecule has 1 fully saturated rings. The Morgan fingerprint density at radius 1 is 1.29 bits per heavy atom. The highest BCUT2D eigenvalue weighted by Gasteiger charge is 2.35. The molecule has 2 amide bonds. The summed E-state index contributed by atoms with van der Waals surface area (Å²) in [5.74, 6) is 0.142. The minimum Gasteiger partial charge on any atom is -0.451 e. The number of nitrogens with zero attached hydrogens (tertiary/aromatic N) is 5. The summed E-state index contributed by atoms with van der Waals surface area (Å²) in [6.45, 7) is 20.5. The molecule has 3 heterocycles. The number of amides is 2. The van der Waals surface area contributed by atoms with Crippen LogP contribution in [0.3, 0.4) is 0 Å². The van der Waals surface area contributed by atoms with E-state index in [2.05, 4.69) is 30.3 Å². The predicted molar refractivity (Wildman–Crippen MR) is 168 cm³/mol. The maximum Gasteiger partial charge on any atom is 0.496 e. The van der Waals surface area contributed by atoms with Crippen LogP contribution >= 0.6 is 0 Å². The normalized spacial score (nSPS) is 17.7. The van der Waals surface area contributed by atoms with Crippen molar-refractivity contribution >= 4 is 48.7 Å². The van der Waals surface area contributed by atoms with Crippen molar-refractivity contribution < 1.29 is 23.5 Å². The van der Waals surface area contributed by atoms with Crippen molar-refractivity contribution in [2.45, 2.75) is 52.7 Å². The number of benzene rings is 1. The maximum absolute atomic E-state index is 12.7. The van der Waals surface area contributed by atoms with Gasteiger partial charge < -0.3 is 4.74 Å². The summed E-state index contributed by atoms with van der Waals surface area (Å²) in [4.78, 5) is 39.1. The van der Waals surface area contributed by atoms with Crippen LogP contribution in [0.25, 0.3) is 16.8 Å². The molecule has 0 spiro atoms. The van der Waals surface area contributed by atoms with E-state index in [9.17, 15) is 9.59 Å². The molecule has 2 aromatic rings. The van der Waals surface area contributed by atoms with Gasteiger partial charge in [-0.15, -0.1) is 0 Å². The summed E-state index contributed by atoms with van der Waals surface area (Å²) in [7, 11) is 0. The first kappa shape index (κ1) is 30.2. The minimum absolute atomic E-state index is 0.293. The summed E-state index contributed by atoms with van der Waals surface area (Å²) in [5, 5.41) is 2.79. The van der Waals surface area contributed by atoms with Gasteiger partial charge in [-0.05, 0) is 73.9 Å². The van der Waals surface area contributed by atoms with Crippen molar-refractivity contribution in [3.05, 3.63) is 77.7 Å². The first-order valence-corrected chi connectivity index (χ1v) is 14.0. The van der Waals surface area contributed by atoms with Crippen LogP contribution < -0.4 is 5.32 Å². The molecule has 2 aliphatic rings. The number of hydrogen-bond acceptors (Lipinski definition) is 6. The number of urea groups is 1. The zero-order valence-corrected chi connectivity index (χ0v) is 24.8. The van der Waals surface area contributed by atoms with E-state index in [1.54, 1.807) is 23.9 Å². The third kappa shape index (κ3) is 7.09. The molecular weight excluding hydrogens is 528 g/mol. The van der Waals surface area contributed by atoms with Crippen LogP contribution in [0.4, 0.5) is 10.5 Å². The highest BCUT2D eigenvalue weighted by molar-refractivity contribution is 6.12. The molecule has 2 unspecified atom stereocenters. The standard InChI is InChI=1S/C33H37N6O3/c1-8-38(6)33(41)37-24(5)36-29-19-25(18-27(22(29)3)28-12-9-10-14-34-28)26-16-21(2)17-30(35-20-26)23(4)42-32(40)31-13-11-15-39(31)7/h9-10,12,14,16-20,23,31H,2,6-8,11,13,15H2,1,3-5H3/q+1/p+1. The molecule has 216 valence electrons. The predicted octanol–water partition coefficient (Wildman–Crippen LogP) is 5.26. The Balaban J connectivity index is 1.67. The fraction of sp³-hybridized carbons (Fsp3) is 0.303. The summed E-state index contributed by atoms with van der Waals surface area (Å²) in [5.41, 5.74) is 6.21. The zero-order chi connectivity index (χ0) is 30.4. The number of aliphatic imine (C=N–C) groups is 2. The minimum atomic E-state index is -0.559. The molecule has 0 bridgehead atoms. The molecule has 2 aliphatic heterocycles. The van der Waals surface area contributed by atoms with E-state index in [4.69, 9.17) is 14.7 Å². The molecule has 1 aromatic heterocycles. The molecule has 1 N–H and O–H groups in total. The van der Waals surface area contributed by atoms with E-state index < -0.39 is 6.10 Å². The van der Waals surface area contributed by atoms with E-state index in [1.165, 1.54) is 4.58 Å². The lowest BCUT2D eigenvalue weighted by Gasteiger charge is -2.15. The quantitative estimate of drug-likeness (QED) is 0.214. The first-order valence-electron chi connectivity index (χ1n) is 14.0. The second-order valence-electron chi connectivity index (χ2n) is 10.4. The molecule has 9 heteroatoms. The Morgan fingerprint density at radius 2 is 2.07 bits per heavy atom. The van der Waals surface area contributed by atoms with Gasteiger partial charge in [0.2, 0.25) is 6.04 Å². The third-order valence-corrected chi connectivity index (χ3v) is 7.27. The van der Waals surface area contributed by atoms with Crippen LogP contribution in [0.1, 0.15) is 44.7 Å². The van der Waals surface area contributed by atoms with Gasteiger partial charge in [0, 0.05) is 43.3 Å². The summed E-state index contributed by atoms with van der Waals surface area (Å²) < 4.78 is 8.87. The molecule has 9 nitrogen and oxygen atoms in total. The van der Waals surface area contributed by atoms with E-state index in [1.807, 2.05) is 63.3 Å². The van der Waals surface area contributed by atoms with Crippen molar-refractivity contribution in [3.63, 3.8) is 0 Å². The van der Waals surface area contributed by atoms with E-state index in [0.717, 1.165) is 47.3 Å². The van der Waals surface area contributed by atoms with Gasteiger partial charge in [0.05, 0.1) is 30.3 Å². The number of allylic oxidation sites excluding steroid dienone is 4. The van der Waals surface area contributed by atoms with Crippen LogP contribution in [0, 0.1) is 6.92 Å². The Kier molecular flexibility index (Phi) is 9.52. The lowest BCUT2D eigenvalue weighted by molar-refractivity contribution is -0.524. The Bertz CT molecular complexity index is 1570. The van der Waals surface area contributed by atoms with Gasteiger partial charge in [-0.25, -0.2) is 18.9 Å². The number of esters is 1. The molecule has 4 rings (SSSR count). The zero-order valence-electron chi connectivity index (χ0n) is 24.8. The average molecular weight is 567 g/mol. The number of rotatable bonds is 7. The number of carbonyl (C=O) groups excluding carboxylic acids is 2. The lowest BCUT2D eigenvalue weighted by Crippen LogP contribution is -2.35. The number of nitrogens with one attached hydrogen (secondary N) is 1. The molecule has 1 aromatic carbocycles. The molecule has 0 aliphatic carbocycles. The summed E-state index contributed by atoms with van der Waals surface area (Å²) in [6.07, 6.45) is 8.34. The second-order valence-corrected chi connectivity index (χ2v) is 10.4. The van der Waals surface area contributed by atoms with Crippen LogP contribution in [0.5, 0.6) is 0 Å². The van der Waals surface area contributed by atoms with Gasteiger partial charge >= 0.3 is 12.0 Å². The fourth-order valence-electron chi connectivity index (χ4n) is 4.79. The van der Waals surface area contributed by atoms with E-state index >= 15 is 0 Å². The van der Waals surface area contributed by atoms with Crippen molar-refractivity contribution in [1.29, 1.82) is 0 Å². The van der Waals surface area contributed by atoms with Crippen LogP contribution in [-0.4, -0.2) is 76.9 Å². The van der Waals surface area contributed by atoms with Gasteiger partial charge in [-0.1, -0.05) is 12.6 Å². The van der Waals surface area contributed by atoms with Crippen molar-refractivity contribution in [1.82, 2.24) is 10.3 Å². The first-order chi connectivity index (χ1) is 20.1. The highest BCUT2D eigenvalue weighted by Crippen LogP contribution is 2.34. The second kappa shape index (κ2) is 13.2. The van der Waals surface area contributed by atoms with Gasteiger partial charge in [0.25, 0.3) is 0 Å². The van der Waals surface area contributed by atoms with Gasteiger partial charge in [-0.3, -0.25) is 9.98 Å². The highest BCUT2D eigenvalue weighted by atomic mass is 16.5. The lowest BCUT2D eigenvalue weighted by atomic mass is 9.95. The maximum atomic E-state index is 12.7. The number of amidine groups is 1. The van der Waals surface area contributed by atoms with Crippen LogP contribution in [-0.2, 0) is 9.53 Å². The third-order valence-electron chi connectivity index (χ3n) is 7.27. The summed E-state index contributed by atoms with van der Waals surface area (Å²) in [6, 6.07) is 9.07. The SMILES string of the molecule is C=C1C=C(c2cc(N=C(C)NC(=O)[N+](=C)CC)c(C)c(-c3ccccn3)c2)C=NC(C(C)OC(=O)C2CCC[N+]2=C)=C1. The van der Waals surface area contributed by atoms with E-state index in [0.29, 0.717) is 29.3 Å².